The number of hydrogen-bond acceptors (Lipinski definition) is 5. The van der Waals surface area contributed by atoms with E-state index >= 15 is 0 Å². The number of nitrogens with zero attached hydrogens (tertiary/aromatic N) is 2. The summed E-state index contributed by atoms with van der Waals surface area (Å²) in [6.45, 7) is 0.770. The van der Waals surface area contributed by atoms with E-state index in [1.165, 1.54) is 43.5 Å². The molecule has 7 nitrogen and oxygen atoms in total. The lowest BCUT2D eigenvalue weighted by atomic mass is 9.89. The van der Waals surface area contributed by atoms with Crippen molar-refractivity contribution in [3.8, 4) is 5.75 Å². The molecule has 0 spiro atoms. The van der Waals surface area contributed by atoms with Gasteiger partial charge in [0.25, 0.3) is 0 Å². The van der Waals surface area contributed by atoms with Crippen molar-refractivity contribution in [1.29, 1.82) is 0 Å². The van der Waals surface area contributed by atoms with E-state index in [1.54, 1.807) is 12.1 Å². The average molecular weight is 609 g/mol. The molecule has 11 heteroatoms. The Labute approximate surface area is 245 Å². The first-order chi connectivity index (χ1) is 20.0. The molecule has 2 aromatic carbocycles. The molecule has 2 aliphatic carbocycles. The number of ether oxygens (including phenoxy) is 1. The van der Waals surface area contributed by atoms with Crippen molar-refractivity contribution in [2.24, 2.45) is 11.8 Å². The lowest BCUT2D eigenvalue weighted by molar-refractivity contribution is -0.144. The quantitative estimate of drug-likeness (QED) is 0.357. The second-order valence-electron chi connectivity index (χ2n) is 11.9. The van der Waals surface area contributed by atoms with Crippen molar-refractivity contribution >= 4 is 16.0 Å². The molecule has 0 radical (unpaired) electrons. The summed E-state index contributed by atoms with van der Waals surface area (Å²) in [7, 11) is -4.12. The van der Waals surface area contributed by atoms with Crippen molar-refractivity contribution in [3.05, 3.63) is 59.7 Å². The second-order valence-corrected chi connectivity index (χ2v) is 13.8. The number of aliphatic carboxylic acids is 1. The summed E-state index contributed by atoms with van der Waals surface area (Å²) in [5.74, 6) is -0.0192. The number of hydrogen-bond donors (Lipinski definition) is 1. The number of sulfonamides is 1. The van der Waals surface area contributed by atoms with Crippen LogP contribution in [-0.4, -0.2) is 61.0 Å². The van der Waals surface area contributed by atoms with Gasteiger partial charge in [-0.3, -0.25) is 9.69 Å². The normalized spacial score (nSPS) is 22.7. The van der Waals surface area contributed by atoms with Crippen LogP contribution in [-0.2, 0) is 21.0 Å². The molecule has 3 aliphatic rings. The molecule has 1 N–H and O–H groups in total. The molecule has 1 heterocycles. The summed E-state index contributed by atoms with van der Waals surface area (Å²) in [6.07, 6.45) is 5.25. The maximum atomic E-state index is 13.6. The molecule has 2 unspecified atom stereocenters. The molecule has 1 aliphatic heterocycles. The number of carbonyl (C=O) groups is 1. The van der Waals surface area contributed by atoms with E-state index in [-0.39, 0.29) is 36.5 Å². The van der Waals surface area contributed by atoms with Gasteiger partial charge in [0.05, 0.1) is 17.1 Å². The highest BCUT2D eigenvalue weighted by atomic mass is 32.2. The summed E-state index contributed by atoms with van der Waals surface area (Å²) in [4.78, 5) is 14.4. The smallest absolute Gasteiger partial charge is 0.416 e. The first-order valence-electron chi connectivity index (χ1n) is 14.9. The summed E-state index contributed by atoms with van der Waals surface area (Å²) >= 11 is 0. The zero-order chi connectivity index (χ0) is 29.9. The third kappa shape index (κ3) is 6.94. The molecular weight excluding hydrogens is 569 g/mol. The Kier molecular flexibility index (Phi) is 9.49. The lowest BCUT2D eigenvalue weighted by Crippen LogP contribution is -2.59. The largest absolute Gasteiger partial charge is 0.493 e. The highest BCUT2D eigenvalue weighted by molar-refractivity contribution is 7.89. The lowest BCUT2D eigenvalue weighted by Gasteiger charge is -2.44. The van der Waals surface area contributed by atoms with Crippen molar-refractivity contribution in [2.45, 2.75) is 80.9 Å². The molecule has 0 amide bonds. The standard InChI is InChI=1S/C31H39F3N2O5S/c32-31(33,34)25-12-10-24(11-13-25)29(23-8-4-5-9-23)35-18-19-36(28(20-35)30(37)38)42(39,40)27-16-14-26(15-17-27)41-21-22-6-2-1-3-7-22/h10-17,22-23,28-29H,1-9,18-21H2,(H,37,38). The number of rotatable bonds is 9. The minimum atomic E-state index is -4.45. The van der Waals surface area contributed by atoms with Crippen molar-refractivity contribution < 1.29 is 36.2 Å². The molecule has 230 valence electrons. The molecule has 0 aromatic heterocycles. The van der Waals surface area contributed by atoms with Crippen LogP contribution < -0.4 is 4.74 Å². The number of halogens is 3. The fraction of sp³-hybridized carbons (Fsp3) is 0.581. The Morgan fingerprint density at radius 2 is 1.52 bits per heavy atom. The van der Waals surface area contributed by atoms with Gasteiger partial charge in [-0.05, 0) is 79.5 Å². The van der Waals surface area contributed by atoms with E-state index in [0.29, 0.717) is 23.8 Å². The van der Waals surface area contributed by atoms with Crippen molar-refractivity contribution in [1.82, 2.24) is 9.21 Å². The van der Waals surface area contributed by atoms with E-state index in [9.17, 15) is 31.5 Å². The Morgan fingerprint density at radius 1 is 0.905 bits per heavy atom. The van der Waals surface area contributed by atoms with Gasteiger partial charge in [-0.2, -0.15) is 17.5 Å². The van der Waals surface area contributed by atoms with Gasteiger partial charge in [0.2, 0.25) is 10.0 Å². The van der Waals surface area contributed by atoms with Gasteiger partial charge in [-0.1, -0.05) is 44.2 Å². The minimum absolute atomic E-state index is 0.00213. The molecule has 42 heavy (non-hydrogen) atoms. The van der Waals surface area contributed by atoms with Gasteiger partial charge < -0.3 is 9.84 Å². The summed E-state index contributed by atoms with van der Waals surface area (Å²) < 4.78 is 73.9. The monoisotopic (exact) mass is 608 g/mol. The molecule has 5 rings (SSSR count). The predicted molar refractivity (Wildman–Crippen MR) is 152 cm³/mol. The van der Waals surface area contributed by atoms with E-state index < -0.39 is 33.8 Å². The van der Waals surface area contributed by atoms with Gasteiger partial charge in [0, 0.05) is 25.7 Å². The first kappa shape index (κ1) is 30.8. The third-order valence-electron chi connectivity index (χ3n) is 9.11. The minimum Gasteiger partial charge on any atom is -0.493 e. The molecule has 2 saturated carbocycles. The zero-order valence-corrected chi connectivity index (χ0v) is 24.5. The van der Waals surface area contributed by atoms with Gasteiger partial charge >= 0.3 is 12.1 Å². The Hall–Kier alpha value is -2.63. The fourth-order valence-electron chi connectivity index (χ4n) is 6.86. The highest BCUT2D eigenvalue weighted by Crippen LogP contribution is 2.42. The number of alkyl halides is 3. The maximum Gasteiger partial charge on any atom is 0.416 e. The van der Waals surface area contributed by atoms with E-state index in [1.807, 2.05) is 4.90 Å². The molecular formula is C31H39F3N2O5S. The molecule has 0 bridgehead atoms. The van der Waals surface area contributed by atoms with Gasteiger partial charge in [-0.25, -0.2) is 8.42 Å². The van der Waals surface area contributed by atoms with Crippen LogP contribution in [0.3, 0.4) is 0 Å². The van der Waals surface area contributed by atoms with Crippen LogP contribution in [0.15, 0.2) is 53.4 Å². The van der Waals surface area contributed by atoms with E-state index in [4.69, 9.17) is 4.74 Å². The average Bonchev–Trinajstić information content (AvgIpc) is 3.51. The Balaban J connectivity index is 1.32. The SMILES string of the molecule is O=C(O)C1CN(C(c2ccc(C(F)(F)F)cc2)C2CCCC2)CCN1S(=O)(=O)c1ccc(OCC2CCCCC2)cc1. The molecule has 2 atom stereocenters. The summed E-state index contributed by atoms with van der Waals surface area (Å²) in [5, 5.41) is 10.1. The van der Waals surface area contributed by atoms with Crippen LogP contribution in [0.1, 0.15) is 75.0 Å². The topological polar surface area (TPSA) is 87.2 Å². The van der Waals surface area contributed by atoms with Crippen LogP contribution in [0, 0.1) is 11.8 Å². The van der Waals surface area contributed by atoms with Crippen LogP contribution in [0.5, 0.6) is 5.75 Å². The fourth-order valence-corrected chi connectivity index (χ4v) is 8.43. The zero-order valence-electron chi connectivity index (χ0n) is 23.6. The second kappa shape index (κ2) is 12.9. The first-order valence-corrected chi connectivity index (χ1v) is 16.4. The van der Waals surface area contributed by atoms with Crippen LogP contribution >= 0.6 is 0 Å². The highest BCUT2D eigenvalue weighted by Gasteiger charge is 2.44. The van der Waals surface area contributed by atoms with Crippen molar-refractivity contribution in [3.63, 3.8) is 0 Å². The third-order valence-corrected chi connectivity index (χ3v) is 11.0. The Bertz CT molecular complexity index is 1310. The molecule has 2 aromatic rings. The van der Waals surface area contributed by atoms with Crippen LogP contribution in [0.4, 0.5) is 13.2 Å². The van der Waals surface area contributed by atoms with Crippen LogP contribution in [0.2, 0.25) is 0 Å². The number of piperazine rings is 1. The maximum absolute atomic E-state index is 13.6. The number of benzene rings is 2. The predicted octanol–water partition coefficient (Wildman–Crippen LogP) is 6.36. The summed E-state index contributed by atoms with van der Waals surface area (Å²) in [6, 6.07) is 9.60. The Morgan fingerprint density at radius 3 is 2.12 bits per heavy atom. The van der Waals surface area contributed by atoms with E-state index in [0.717, 1.165) is 55.0 Å². The van der Waals surface area contributed by atoms with E-state index in [2.05, 4.69) is 0 Å². The number of carboxylic acid groups (broad SMARTS) is 1. The van der Waals surface area contributed by atoms with Crippen LogP contribution in [0.25, 0.3) is 0 Å². The van der Waals surface area contributed by atoms with Gasteiger partial charge in [-0.15, -0.1) is 0 Å². The number of carboxylic acids is 1. The van der Waals surface area contributed by atoms with Gasteiger partial charge in [0.15, 0.2) is 0 Å². The molecule has 1 saturated heterocycles. The van der Waals surface area contributed by atoms with Crippen molar-refractivity contribution in [2.75, 3.05) is 26.2 Å². The molecule has 3 fully saturated rings. The van der Waals surface area contributed by atoms with Gasteiger partial charge in [0.1, 0.15) is 11.8 Å². The summed E-state index contributed by atoms with van der Waals surface area (Å²) in [5.41, 5.74) is -0.0414.